The molecule has 0 saturated carbocycles. The molecule has 0 heterocycles. The van der Waals surface area contributed by atoms with Crippen LogP contribution in [0.1, 0.15) is 78.6 Å². The SMILES string of the molecule is CCCCC/C=C\C/C=C\C/C=C\C/C=C\CCC(C)C(=O)OCC. The van der Waals surface area contributed by atoms with Gasteiger partial charge in [0.2, 0.25) is 0 Å². The number of unbranched alkanes of at least 4 members (excludes halogenated alkanes) is 3. The summed E-state index contributed by atoms with van der Waals surface area (Å²) in [6.07, 6.45) is 27.7. The van der Waals surface area contributed by atoms with E-state index in [2.05, 4.69) is 55.5 Å². The minimum Gasteiger partial charge on any atom is -0.466 e. The lowest BCUT2D eigenvalue weighted by Gasteiger charge is -2.08. The summed E-state index contributed by atoms with van der Waals surface area (Å²) in [5.41, 5.74) is 0. The fraction of sp³-hybridized carbons (Fsp3) is 0.609. The Bertz CT molecular complexity index is 416. The molecule has 1 atom stereocenters. The molecule has 0 N–H and O–H groups in total. The topological polar surface area (TPSA) is 26.3 Å². The summed E-state index contributed by atoms with van der Waals surface area (Å²) in [6.45, 7) is 6.48. The van der Waals surface area contributed by atoms with Gasteiger partial charge in [-0.1, -0.05) is 75.3 Å². The average molecular weight is 347 g/mol. The highest BCUT2D eigenvalue weighted by Crippen LogP contribution is 2.08. The minimum absolute atomic E-state index is 0.00836. The number of esters is 1. The molecule has 0 amide bonds. The molecule has 0 aliphatic rings. The molecule has 0 aliphatic heterocycles. The molecule has 0 fully saturated rings. The molecule has 0 aliphatic carbocycles. The Kier molecular flexibility index (Phi) is 17.6. The van der Waals surface area contributed by atoms with E-state index >= 15 is 0 Å². The maximum Gasteiger partial charge on any atom is 0.308 e. The lowest BCUT2D eigenvalue weighted by molar-refractivity contribution is -0.147. The Hall–Kier alpha value is -1.57. The lowest BCUT2D eigenvalue weighted by Crippen LogP contribution is -2.14. The Balaban J connectivity index is 3.56. The second-order valence-corrected chi connectivity index (χ2v) is 6.32. The van der Waals surface area contributed by atoms with E-state index in [0.717, 1.165) is 32.1 Å². The highest BCUT2D eigenvalue weighted by molar-refractivity contribution is 5.71. The van der Waals surface area contributed by atoms with Crippen LogP contribution in [0, 0.1) is 5.92 Å². The summed E-state index contributed by atoms with van der Waals surface area (Å²) < 4.78 is 5.00. The molecule has 2 heteroatoms. The van der Waals surface area contributed by atoms with Crippen molar-refractivity contribution in [2.24, 2.45) is 5.92 Å². The molecule has 1 unspecified atom stereocenters. The molecule has 142 valence electrons. The molecule has 0 aromatic heterocycles. The highest BCUT2D eigenvalue weighted by Gasteiger charge is 2.11. The second-order valence-electron chi connectivity index (χ2n) is 6.32. The van der Waals surface area contributed by atoms with Crippen LogP contribution in [0.15, 0.2) is 48.6 Å². The largest absolute Gasteiger partial charge is 0.466 e. The molecular formula is C23H38O2. The van der Waals surface area contributed by atoms with Crippen LogP contribution < -0.4 is 0 Å². The number of carbonyl (C=O) groups excluding carboxylic acids is 1. The normalized spacial score (nSPS) is 13.6. The van der Waals surface area contributed by atoms with Gasteiger partial charge in [-0.25, -0.2) is 0 Å². The molecule has 25 heavy (non-hydrogen) atoms. The zero-order valence-corrected chi connectivity index (χ0v) is 16.6. The van der Waals surface area contributed by atoms with Gasteiger partial charge < -0.3 is 4.74 Å². The quantitative estimate of drug-likeness (QED) is 0.182. The summed E-state index contributed by atoms with van der Waals surface area (Å²) in [6, 6.07) is 0. The van der Waals surface area contributed by atoms with E-state index in [-0.39, 0.29) is 11.9 Å². The van der Waals surface area contributed by atoms with Gasteiger partial charge in [0, 0.05) is 0 Å². The number of hydrogen-bond donors (Lipinski definition) is 0. The van der Waals surface area contributed by atoms with Crippen LogP contribution in [0.4, 0.5) is 0 Å². The summed E-state index contributed by atoms with van der Waals surface area (Å²) in [4.78, 5) is 11.5. The molecule has 0 radical (unpaired) electrons. The van der Waals surface area contributed by atoms with Crippen molar-refractivity contribution in [3.63, 3.8) is 0 Å². The van der Waals surface area contributed by atoms with Gasteiger partial charge in [-0.15, -0.1) is 0 Å². The minimum atomic E-state index is -0.0848. The van der Waals surface area contributed by atoms with Crippen molar-refractivity contribution in [3.8, 4) is 0 Å². The molecule has 0 bridgehead atoms. The van der Waals surface area contributed by atoms with E-state index in [4.69, 9.17) is 4.74 Å². The second kappa shape index (κ2) is 18.8. The van der Waals surface area contributed by atoms with Gasteiger partial charge in [0.1, 0.15) is 0 Å². The van der Waals surface area contributed by atoms with Crippen molar-refractivity contribution < 1.29 is 9.53 Å². The van der Waals surface area contributed by atoms with Crippen molar-refractivity contribution in [3.05, 3.63) is 48.6 Å². The van der Waals surface area contributed by atoms with E-state index < -0.39 is 0 Å². The maximum atomic E-state index is 11.5. The third kappa shape index (κ3) is 17.1. The predicted octanol–water partition coefficient (Wildman–Crippen LogP) is 6.94. The van der Waals surface area contributed by atoms with Crippen molar-refractivity contribution in [1.29, 1.82) is 0 Å². The van der Waals surface area contributed by atoms with Crippen molar-refractivity contribution in [1.82, 2.24) is 0 Å². The molecule has 2 nitrogen and oxygen atoms in total. The molecule has 0 spiro atoms. The number of carbonyl (C=O) groups is 1. The Morgan fingerprint density at radius 2 is 1.32 bits per heavy atom. The van der Waals surface area contributed by atoms with E-state index in [1.165, 1.54) is 25.7 Å². The van der Waals surface area contributed by atoms with E-state index in [1.54, 1.807) is 0 Å². The van der Waals surface area contributed by atoms with Gasteiger partial charge in [-0.2, -0.15) is 0 Å². The first-order valence-corrected chi connectivity index (χ1v) is 9.98. The summed E-state index contributed by atoms with van der Waals surface area (Å²) in [5, 5.41) is 0. The van der Waals surface area contributed by atoms with E-state index in [1.807, 2.05) is 13.8 Å². The third-order valence-electron chi connectivity index (χ3n) is 3.91. The van der Waals surface area contributed by atoms with Crippen molar-refractivity contribution >= 4 is 5.97 Å². The first kappa shape index (κ1) is 23.4. The standard InChI is InChI=1S/C23H38O2/c1-4-6-7-8-9-10-11-12-13-14-15-16-17-18-19-20-21-22(3)23(24)25-5-2/h9-10,12-13,15-16,18-19,22H,4-8,11,14,17,20-21H2,1-3H3/b10-9-,13-12-,16-15-,19-18-. The molecule has 0 aromatic carbocycles. The average Bonchev–Trinajstić information content (AvgIpc) is 2.61. The summed E-state index contributed by atoms with van der Waals surface area (Å²) >= 11 is 0. The monoisotopic (exact) mass is 346 g/mol. The Morgan fingerprint density at radius 3 is 1.84 bits per heavy atom. The predicted molar refractivity (Wildman–Crippen MR) is 110 cm³/mol. The van der Waals surface area contributed by atoms with Crippen LogP contribution in [0.3, 0.4) is 0 Å². The first-order chi connectivity index (χ1) is 12.2. The number of ether oxygens (including phenoxy) is 1. The number of rotatable bonds is 15. The van der Waals surface area contributed by atoms with Crippen LogP contribution in [-0.2, 0) is 9.53 Å². The smallest absolute Gasteiger partial charge is 0.308 e. The van der Waals surface area contributed by atoms with Crippen LogP contribution >= 0.6 is 0 Å². The molecular weight excluding hydrogens is 308 g/mol. The van der Waals surface area contributed by atoms with Crippen molar-refractivity contribution in [2.75, 3.05) is 6.61 Å². The van der Waals surface area contributed by atoms with Crippen LogP contribution in [0.5, 0.6) is 0 Å². The van der Waals surface area contributed by atoms with Gasteiger partial charge in [-0.3, -0.25) is 4.79 Å². The first-order valence-electron chi connectivity index (χ1n) is 9.98. The Morgan fingerprint density at radius 1 is 0.800 bits per heavy atom. The zero-order valence-electron chi connectivity index (χ0n) is 16.6. The number of hydrogen-bond acceptors (Lipinski definition) is 2. The van der Waals surface area contributed by atoms with Gasteiger partial charge in [0.25, 0.3) is 0 Å². The summed E-state index contributed by atoms with van der Waals surface area (Å²) in [5.74, 6) is -0.0932. The fourth-order valence-corrected chi connectivity index (χ4v) is 2.31. The van der Waals surface area contributed by atoms with Crippen LogP contribution in [0.25, 0.3) is 0 Å². The Labute approximate surface area is 155 Å². The van der Waals surface area contributed by atoms with Gasteiger partial charge in [0.15, 0.2) is 0 Å². The number of allylic oxidation sites excluding steroid dienone is 8. The molecule has 0 rings (SSSR count). The molecule has 0 saturated heterocycles. The molecule has 0 aromatic rings. The fourth-order valence-electron chi connectivity index (χ4n) is 2.31. The maximum absolute atomic E-state index is 11.5. The van der Waals surface area contributed by atoms with E-state index in [0.29, 0.717) is 6.61 Å². The zero-order chi connectivity index (χ0) is 18.6. The van der Waals surface area contributed by atoms with Gasteiger partial charge >= 0.3 is 5.97 Å². The summed E-state index contributed by atoms with van der Waals surface area (Å²) in [7, 11) is 0. The van der Waals surface area contributed by atoms with Crippen molar-refractivity contribution in [2.45, 2.75) is 78.6 Å². The lowest BCUT2D eigenvalue weighted by atomic mass is 10.1. The third-order valence-corrected chi connectivity index (χ3v) is 3.91. The van der Waals surface area contributed by atoms with Crippen LogP contribution in [-0.4, -0.2) is 12.6 Å². The van der Waals surface area contributed by atoms with E-state index in [9.17, 15) is 4.79 Å². The highest BCUT2D eigenvalue weighted by atomic mass is 16.5. The van der Waals surface area contributed by atoms with Gasteiger partial charge in [0.05, 0.1) is 12.5 Å². The van der Waals surface area contributed by atoms with Crippen LogP contribution in [0.2, 0.25) is 0 Å². The van der Waals surface area contributed by atoms with Gasteiger partial charge in [-0.05, 0) is 51.9 Å².